The molecule has 0 radical (unpaired) electrons. The molecule has 0 aromatic heterocycles. The summed E-state index contributed by atoms with van der Waals surface area (Å²) < 4.78 is 18.7. The summed E-state index contributed by atoms with van der Waals surface area (Å²) in [6.45, 7) is 1.81. The van der Waals surface area contributed by atoms with Gasteiger partial charge in [0.1, 0.15) is 17.6 Å². The molecule has 0 saturated heterocycles. The highest BCUT2D eigenvalue weighted by Crippen LogP contribution is 2.27. The number of rotatable bonds is 3. The average molecular weight is 285 g/mol. The Hall–Kier alpha value is -2.87. The minimum Gasteiger partial charge on any atom is -0.507 e. The smallest absolute Gasteiger partial charge is 0.341 e. The van der Waals surface area contributed by atoms with E-state index in [0.29, 0.717) is 11.1 Å². The highest BCUT2D eigenvalue weighted by molar-refractivity contribution is 5.90. The van der Waals surface area contributed by atoms with E-state index in [9.17, 15) is 14.3 Å². The largest absolute Gasteiger partial charge is 0.507 e. The highest BCUT2D eigenvalue weighted by atomic mass is 19.1. The van der Waals surface area contributed by atoms with Gasteiger partial charge in [-0.2, -0.15) is 5.26 Å². The monoisotopic (exact) mass is 285 g/mol. The maximum absolute atomic E-state index is 14.0. The summed E-state index contributed by atoms with van der Waals surface area (Å²) in [6.07, 6.45) is 0. The van der Waals surface area contributed by atoms with E-state index in [4.69, 9.17) is 10.00 Å². The predicted molar refractivity (Wildman–Crippen MR) is 74.2 cm³/mol. The van der Waals surface area contributed by atoms with E-state index in [0.717, 1.165) is 0 Å². The van der Waals surface area contributed by atoms with Crippen molar-refractivity contribution in [3.05, 3.63) is 53.3 Å². The third kappa shape index (κ3) is 3.00. The van der Waals surface area contributed by atoms with Crippen LogP contribution in [0, 0.1) is 17.1 Å². The fourth-order valence-corrected chi connectivity index (χ4v) is 1.87. The first-order chi connectivity index (χ1) is 10.1. The Kier molecular flexibility index (Phi) is 4.19. The Morgan fingerprint density at radius 1 is 1.29 bits per heavy atom. The fourth-order valence-electron chi connectivity index (χ4n) is 1.87. The molecule has 2 rings (SSSR count). The molecule has 21 heavy (non-hydrogen) atoms. The van der Waals surface area contributed by atoms with Gasteiger partial charge in [-0.15, -0.1) is 0 Å². The predicted octanol–water partition coefficient (Wildman–Crippen LogP) is 3.25. The normalized spacial score (nSPS) is 9.95. The molecular weight excluding hydrogens is 273 g/mol. The summed E-state index contributed by atoms with van der Waals surface area (Å²) in [4.78, 5) is 11.5. The topological polar surface area (TPSA) is 70.3 Å². The molecule has 0 bridgehead atoms. The van der Waals surface area contributed by atoms with Crippen LogP contribution in [0.1, 0.15) is 22.8 Å². The molecule has 0 aliphatic heterocycles. The van der Waals surface area contributed by atoms with Crippen LogP contribution in [0.3, 0.4) is 0 Å². The number of carbonyl (C=O) groups is 1. The summed E-state index contributed by atoms with van der Waals surface area (Å²) in [6, 6.07) is 10.3. The quantitative estimate of drug-likeness (QED) is 0.879. The zero-order chi connectivity index (χ0) is 15.4. The van der Waals surface area contributed by atoms with Crippen molar-refractivity contribution >= 4 is 5.97 Å². The summed E-state index contributed by atoms with van der Waals surface area (Å²) in [5.74, 6) is -1.55. The summed E-state index contributed by atoms with van der Waals surface area (Å²) in [5.41, 5.74) is 1.03. The van der Waals surface area contributed by atoms with Gasteiger partial charge < -0.3 is 9.84 Å². The number of carbonyl (C=O) groups excluding carboxylic acids is 1. The molecule has 0 amide bonds. The van der Waals surface area contributed by atoms with E-state index in [1.165, 1.54) is 24.3 Å². The second-order valence-corrected chi connectivity index (χ2v) is 4.26. The van der Waals surface area contributed by atoms with Gasteiger partial charge >= 0.3 is 5.97 Å². The van der Waals surface area contributed by atoms with Crippen molar-refractivity contribution in [1.29, 1.82) is 5.26 Å². The van der Waals surface area contributed by atoms with Crippen LogP contribution in [-0.2, 0) is 4.74 Å². The molecule has 0 fully saturated rings. The van der Waals surface area contributed by atoms with Crippen molar-refractivity contribution < 1.29 is 19.0 Å². The lowest BCUT2D eigenvalue weighted by Gasteiger charge is -2.07. The average Bonchev–Trinajstić information content (AvgIpc) is 2.47. The van der Waals surface area contributed by atoms with Gasteiger partial charge in [-0.3, -0.25) is 0 Å². The van der Waals surface area contributed by atoms with Crippen LogP contribution in [0.25, 0.3) is 11.1 Å². The van der Waals surface area contributed by atoms with Crippen molar-refractivity contribution in [2.24, 2.45) is 0 Å². The molecule has 0 saturated carbocycles. The van der Waals surface area contributed by atoms with E-state index < -0.39 is 11.8 Å². The third-order valence-electron chi connectivity index (χ3n) is 2.91. The van der Waals surface area contributed by atoms with E-state index >= 15 is 0 Å². The molecule has 0 atom stereocenters. The molecule has 0 unspecified atom stereocenters. The summed E-state index contributed by atoms with van der Waals surface area (Å²) in [7, 11) is 0. The van der Waals surface area contributed by atoms with Gasteiger partial charge in [-0.25, -0.2) is 9.18 Å². The second kappa shape index (κ2) is 6.06. The Bertz CT molecular complexity index is 735. The lowest BCUT2D eigenvalue weighted by atomic mass is 10.0. The first-order valence-corrected chi connectivity index (χ1v) is 6.27. The van der Waals surface area contributed by atoms with Gasteiger partial charge in [0.15, 0.2) is 0 Å². The first kappa shape index (κ1) is 14.5. The standard InChI is InChI=1S/C16H12FNO3/c1-2-21-16(20)13-5-3-11(8-14(13)17)10-4-6-15(19)12(7-10)9-18/h3-8,19H,2H2,1H3. The van der Waals surface area contributed by atoms with Gasteiger partial charge in [0.2, 0.25) is 0 Å². The number of ether oxygens (including phenoxy) is 1. The lowest BCUT2D eigenvalue weighted by Crippen LogP contribution is -2.07. The van der Waals surface area contributed by atoms with E-state index in [-0.39, 0.29) is 23.5 Å². The van der Waals surface area contributed by atoms with Crippen molar-refractivity contribution in [2.75, 3.05) is 6.61 Å². The Morgan fingerprint density at radius 3 is 2.57 bits per heavy atom. The maximum atomic E-state index is 14.0. The van der Waals surface area contributed by atoms with E-state index in [2.05, 4.69) is 0 Å². The van der Waals surface area contributed by atoms with Crippen LogP contribution in [0.15, 0.2) is 36.4 Å². The minimum absolute atomic E-state index is 0.0994. The number of hydrogen-bond acceptors (Lipinski definition) is 4. The third-order valence-corrected chi connectivity index (χ3v) is 2.91. The fraction of sp³-hybridized carbons (Fsp3) is 0.125. The molecular formula is C16H12FNO3. The number of nitriles is 1. The molecule has 5 heteroatoms. The van der Waals surface area contributed by atoms with Gasteiger partial charge in [-0.1, -0.05) is 12.1 Å². The van der Waals surface area contributed by atoms with Gasteiger partial charge in [0, 0.05) is 0 Å². The Labute approximate surface area is 121 Å². The molecule has 0 spiro atoms. The van der Waals surface area contributed by atoms with E-state index in [1.807, 2.05) is 6.07 Å². The molecule has 0 aliphatic rings. The van der Waals surface area contributed by atoms with Crippen molar-refractivity contribution in [2.45, 2.75) is 6.92 Å². The number of esters is 1. The first-order valence-electron chi connectivity index (χ1n) is 6.27. The molecule has 2 aromatic rings. The lowest BCUT2D eigenvalue weighted by molar-refractivity contribution is 0.0521. The van der Waals surface area contributed by atoms with Gasteiger partial charge in [-0.05, 0) is 42.3 Å². The van der Waals surface area contributed by atoms with Crippen molar-refractivity contribution in [1.82, 2.24) is 0 Å². The number of phenolic OH excluding ortho intramolecular Hbond substituents is 1. The molecule has 2 aromatic carbocycles. The number of nitrogens with zero attached hydrogens (tertiary/aromatic N) is 1. The molecule has 0 heterocycles. The van der Waals surface area contributed by atoms with Gasteiger partial charge in [0.25, 0.3) is 0 Å². The molecule has 1 N–H and O–H groups in total. The van der Waals surface area contributed by atoms with Crippen LogP contribution >= 0.6 is 0 Å². The zero-order valence-corrected chi connectivity index (χ0v) is 11.3. The summed E-state index contributed by atoms with van der Waals surface area (Å²) >= 11 is 0. The van der Waals surface area contributed by atoms with Crippen molar-refractivity contribution in [3.8, 4) is 22.9 Å². The minimum atomic E-state index is -0.718. The highest BCUT2D eigenvalue weighted by Gasteiger charge is 2.14. The van der Waals surface area contributed by atoms with Crippen LogP contribution in [0.5, 0.6) is 5.75 Å². The van der Waals surface area contributed by atoms with Crippen LogP contribution in [0.4, 0.5) is 4.39 Å². The zero-order valence-electron chi connectivity index (χ0n) is 11.3. The van der Waals surface area contributed by atoms with Crippen molar-refractivity contribution in [3.63, 3.8) is 0 Å². The Morgan fingerprint density at radius 2 is 1.95 bits per heavy atom. The number of phenols is 1. The summed E-state index contributed by atoms with van der Waals surface area (Å²) in [5, 5.41) is 18.3. The number of hydrogen-bond donors (Lipinski definition) is 1. The van der Waals surface area contributed by atoms with Crippen LogP contribution in [-0.4, -0.2) is 17.7 Å². The number of aromatic hydroxyl groups is 1. The maximum Gasteiger partial charge on any atom is 0.341 e. The second-order valence-electron chi connectivity index (χ2n) is 4.26. The van der Waals surface area contributed by atoms with Gasteiger partial charge in [0.05, 0.1) is 17.7 Å². The van der Waals surface area contributed by atoms with Crippen LogP contribution < -0.4 is 0 Å². The molecule has 0 aliphatic carbocycles. The SMILES string of the molecule is CCOC(=O)c1ccc(-c2ccc(O)c(C#N)c2)cc1F. The number of benzene rings is 2. The Balaban J connectivity index is 2.41. The van der Waals surface area contributed by atoms with Crippen LogP contribution in [0.2, 0.25) is 0 Å². The number of halogens is 1. The molecule has 106 valence electrons. The molecule has 4 nitrogen and oxygen atoms in total. The van der Waals surface area contributed by atoms with E-state index in [1.54, 1.807) is 19.1 Å².